The lowest BCUT2D eigenvalue weighted by molar-refractivity contribution is 1.45. The van der Waals surface area contributed by atoms with Crippen molar-refractivity contribution >= 4 is 10.9 Å². The van der Waals surface area contributed by atoms with Crippen molar-refractivity contribution in [2.45, 2.75) is 6.92 Å². The van der Waals surface area contributed by atoms with Crippen LogP contribution < -0.4 is 0 Å². The summed E-state index contributed by atoms with van der Waals surface area (Å²) in [6.07, 6.45) is 1.94. The molecular weight excluding hydrogens is 122 g/mol. The van der Waals surface area contributed by atoms with Gasteiger partial charge >= 0.3 is 0 Å². The standard InChI is InChI=1S/C9H8N/c1-7-2-3-9-8(6-7)4-5-10-9/h3-6,10H,1H3. The predicted octanol–water partition coefficient (Wildman–Crippen LogP) is 2.28. The Balaban J connectivity index is 2.86. The summed E-state index contributed by atoms with van der Waals surface area (Å²) in [7, 11) is 0. The fourth-order valence-corrected chi connectivity index (χ4v) is 1.11. The van der Waals surface area contributed by atoms with Gasteiger partial charge in [-0.2, -0.15) is 0 Å². The van der Waals surface area contributed by atoms with Crippen LogP contribution in [0.15, 0.2) is 24.4 Å². The summed E-state index contributed by atoms with van der Waals surface area (Å²) < 4.78 is 0. The van der Waals surface area contributed by atoms with E-state index < -0.39 is 0 Å². The molecule has 0 aliphatic rings. The molecule has 1 N–H and O–H groups in total. The molecule has 49 valence electrons. The van der Waals surface area contributed by atoms with Gasteiger partial charge in [-0.15, -0.1) is 0 Å². The van der Waals surface area contributed by atoms with Crippen molar-refractivity contribution in [2.75, 3.05) is 0 Å². The molecule has 0 atom stereocenters. The molecule has 0 unspecified atom stereocenters. The average molecular weight is 130 g/mol. The molecule has 1 nitrogen and oxygen atoms in total. The second kappa shape index (κ2) is 1.87. The number of rotatable bonds is 0. The van der Waals surface area contributed by atoms with E-state index in [0.29, 0.717) is 0 Å². The van der Waals surface area contributed by atoms with Gasteiger partial charge in [0.2, 0.25) is 0 Å². The van der Waals surface area contributed by atoms with E-state index in [1.807, 2.05) is 19.2 Å². The topological polar surface area (TPSA) is 15.8 Å². The highest BCUT2D eigenvalue weighted by atomic mass is 14.7. The summed E-state index contributed by atoms with van der Waals surface area (Å²) in [6.45, 7) is 2.05. The Morgan fingerprint density at radius 1 is 1.50 bits per heavy atom. The maximum absolute atomic E-state index is 3.13. The van der Waals surface area contributed by atoms with E-state index in [-0.39, 0.29) is 0 Å². The first-order valence-corrected chi connectivity index (χ1v) is 3.32. The molecular formula is C9H8N. The number of aromatic amines is 1. The minimum Gasteiger partial charge on any atom is -0.361 e. The summed E-state index contributed by atoms with van der Waals surface area (Å²) >= 11 is 0. The van der Waals surface area contributed by atoms with Crippen LogP contribution in [0, 0.1) is 13.0 Å². The van der Waals surface area contributed by atoms with E-state index in [9.17, 15) is 0 Å². The molecule has 0 bridgehead atoms. The zero-order valence-electron chi connectivity index (χ0n) is 5.81. The normalized spacial score (nSPS) is 10.5. The van der Waals surface area contributed by atoms with Crippen molar-refractivity contribution in [1.29, 1.82) is 0 Å². The summed E-state index contributed by atoms with van der Waals surface area (Å²) in [5.74, 6) is 0. The Morgan fingerprint density at radius 2 is 2.40 bits per heavy atom. The number of hydrogen-bond donors (Lipinski definition) is 1. The van der Waals surface area contributed by atoms with Gasteiger partial charge in [-0.05, 0) is 42.1 Å². The molecule has 1 aromatic carbocycles. The zero-order valence-corrected chi connectivity index (χ0v) is 5.81. The Labute approximate surface area is 59.7 Å². The van der Waals surface area contributed by atoms with Crippen molar-refractivity contribution in [3.8, 4) is 0 Å². The van der Waals surface area contributed by atoms with E-state index >= 15 is 0 Å². The lowest BCUT2D eigenvalue weighted by atomic mass is 10.2. The molecule has 1 aromatic heterocycles. The van der Waals surface area contributed by atoms with E-state index in [1.54, 1.807) is 0 Å². The van der Waals surface area contributed by atoms with Gasteiger partial charge in [0.25, 0.3) is 0 Å². The summed E-state index contributed by atoms with van der Waals surface area (Å²) in [5.41, 5.74) is 2.35. The number of benzene rings is 1. The SMILES string of the molecule is Cc1[c]cc2[nH]ccc2c1. The molecule has 10 heavy (non-hydrogen) atoms. The molecule has 2 rings (SSSR count). The Hall–Kier alpha value is -1.24. The summed E-state index contributed by atoms with van der Waals surface area (Å²) in [4.78, 5) is 3.12. The number of nitrogens with one attached hydrogen (secondary N) is 1. The maximum Gasteiger partial charge on any atom is 0.0460 e. The minimum absolute atomic E-state index is 1.16. The fraction of sp³-hybridized carbons (Fsp3) is 0.111. The van der Waals surface area contributed by atoms with E-state index in [1.165, 1.54) is 10.9 Å². The number of fused-ring (bicyclic) bond motifs is 1. The van der Waals surface area contributed by atoms with Crippen LogP contribution in [0.5, 0.6) is 0 Å². The minimum atomic E-state index is 1.16. The molecule has 0 saturated carbocycles. The summed E-state index contributed by atoms with van der Waals surface area (Å²) in [6, 6.07) is 9.29. The van der Waals surface area contributed by atoms with Gasteiger partial charge in [0.15, 0.2) is 0 Å². The van der Waals surface area contributed by atoms with Crippen LogP contribution in [0.3, 0.4) is 0 Å². The van der Waals surface area contributed by atoms with Crippen LogP contribution in [0.4, 0.5) is 0 Å². The van der Waals surface area contributed by atoms with Gasteiger partial charge in [0.05, 0.1) is 0 Å². The fourth-order valence-electron chi connectivity index (χ4n) is 1.11. The molecule has 0 fully saturated rings. The first kappa shape index (κ1) is 5.54. The Morgan fingerprint density at radius 3 is 3.30 bits per heavy atom. The molecule has 1 heteroatoms. The van der Waals surface area contributed by atoms with Crippen LogP contribution in [-0.4, -0.2) is 4.98 Å². The Bertz CT molecular complexity index is 346. The first-order chi connectivity index (χ1) is 4.86. The summed E-state index contributed by atoms with van der Waals surface area (Å²) in [5, 5.41) is 1.26. The highest BCUT2D eigenvalue weighted by molar-refractivity contribution is 5.79. The second-order valence-corrected chi connectivity index (χ2v) is 2.46. The van der Waals surface area contributed by atoms with Gasteiger partial charge in [0, 0.05) is 11.7 Å². The van der Waals surface area contributed by atoms with Crippen LogP contribution in [0.2, 0.25) is 0 Å². The second-order valence-electron chi connectivity index (χ2n) is 2.46. The van der Waals surface area contributed by atoms with Crippen molar-refractivity contribution in [1.82, 2.24) is 4.98 Å². The highest BCUT2D eigenvalue weighted by Gasteiger charge is 1.91. The molecule has 1 heterocycles. The van der Waals surface area contributed by atoms with Crippen molar-refractivity contribution < 1.29 is 0 Å². The van der Waals surface area contributed by atoms with E-state index in [4.69, 9.17) is 0 Å². The van der Waals surface area contributed by atoms with Crippen LogP contribution in [0.1, 0.15) is 5.56 Å². The third-order valence-electron chi connectivity index (χ3n) is 1.63. The van der Waals surface area contributed by atoms with Crippen LogP contribution >= 0.6 is 0 Å². The van der Waals surface area contributed by atoms with Gasteiger partial charge in [0.1, 0.15) is 0 Å². The van der Waals surface area contributed by atoms with Crippen LogP contribution in [0.25, 0.3) is 10.9 Å². The van der Waals surface area contributed by atoms with Gasteiger partial charge in [-0.25, -0.2) is 0 Å². The largest absolute Gasteiger partial charge is 0.361 e. The predicted molar refractivity (Wildman–Crippen MR) is 41.9 cm³/mol. The van der Waals surface area contributed by atoms with Crippen LogP contribution in [-0.2, 0) is 0 Å². The van der Waals surface area contributed by atoms with Gasteiger partial charge in [-0.3, -0.25) is 0 Å². The molecule has 1 radical (unpaired) electrons. The van der Waals surface area contributed by atoms with Gasteiger partial charge < -0.3 is 4.98 Å². The molecule has 2 aromatic rings. The quantitative estimate of drug-likeness (QED) is 0.563. The van der Waals surface area contributed by atoms with E-state index in [2.05, 4.69) is 23.2 Å². The number of aryl methyl sites for hydroxylation is 1. The number of hydrogen-bond acceptors (Lipinski definition) is 0. The molecule has 0 spiro atoms. The third kappa shape index (κ3) is 0.711. The Kier molecular flexibility index (Phi) is 1.04. The van der Waals surface area contributed by atoms with Crippen molar-refractivity contribution in [3.05, 3.63) is 36.0 Å². The number of aromatic nitrogens is 1. The molecule has 0 aliphatic heterocycles. The molecule has 0 amide bonds. The lowest BCUT2D eigenvalue weighted by Crippen LogP contribution is -1.70. The van der Waals surface area contributed by atoms with Crippen molar-refractivity contribution in [3.63, 3.8) is 0 Å². The van der Waals surface area contributed by atoms with E-state index in [0.717, 1.165) is 5.52 Å². The maximum atomic E-state index is 3.13. The van der Waals surface area contributed by atoms with Gasteiger partial charge in [-0.1, -0.05) is 0 Å². The first-order valence-electron chi connectivity index (χ1n) is 3.32. The number of H-pyrrole nitrogens is 1. The molecule has 0 aliphatic carbocycles. The highest BCUT2D eigenvalue weighted by Crippen LogP contribution is 2.12. The smallest absolute Gasteiger partial charge is 0.0460 e. The molecule has 0 saturated heterocycles. The average Bonchev–Trinajstić information content (AvgIpc) is 2.33. The zero-order chi connectivity index (χ0) is 6.97. The third-order valence-corrected chi connectivity index (χ3v) is 1.63. The monoisotopic (exact) mass is 130 g/mol. The lowest BCUT2D eigenvalue weighted by Gasteiger charge is -1.89. The van der Waals surface area contributed by atoms with Crippen molar-refractivity contribution in [2.24, 2.45) is 0 Å².